The number of hydrogen-bond acceptors (Lipinski definition) is 2. The molecule has 60 valence electrons. The summed E-state index contributed by atoms with van der Waals surface area (Å²) in [7, 11) is 4.02. The van der Waals surface area contributed by atoms with Crippen LogP contribution in [0.4, 0.5) is 0 Å². The van der Waals surface area contributed by atoms with Crippen LogP contribution in [-0.4, -0.2) is 43.6 Å². The summed E-state index contributed by atoms with van der Waals surface area (Å²) < 4.78 is 7.71. The molecule has 2 heteroatoms. The molecule has 0 amide bonds. The molecule has 1 aliphatic rings. The summed E-state index contributed by atoms with van der Waals surface area (Å²) in [5.74, 6) is 0. The van der Waals surface area contributed by atoms with Crippen LogP contribution in [0.3, 0.4) is 0 Å². The monoisotopic (exact) mass is 143 g/mol. The molecule has 0 radical (unpaired) electrons. The molecule has 1 saturated heterocycles. The Labute approximate surface area is 65.2 Å². The summed E-state index contributed by atoms with van der Waals surface area (Å²) in [5, 5.41) is 0. The summed E-state index contributed by atoms with van der Waals surface area (Å²) in [5.41, 5.74) is 0.334. The van der Waals surface area contributed by atoms with Gasteiger partial charge in [0.05, 0.1) is 8.02 Å². The van der Waals surface area contributed by atoms with Crippen LogP contribution < -0.4 is 0 Å². The van der Waals surface area contributed by atoms with E-state index in [1.807, 2.05) is 14.1 Å². The van der Waals surface area contributed by atoms with E-state index in [9.17, 15) is 0 Å². The van der Waals surface area contributed by atoms with Gasteiger partial charge >= 0.3 is 0 Å². The van der Waals surface area contributed by atoms with Crippen molar-refractivity contribution in [1.29, 1.82) is 0 Å². The third kappa shape index (κ3) is 1.96. The number of rotatable bonds is 0. The molecule has 0 atom stereocenters. The van der Waals surface area contributed by atoms with Gasteiger partial charge in [-0.05, 0) is 19.5 Å². The Bertz CT molecular complexity index is 133. The standard InChI is InChI=1S/C8H18N2/c1-8(2)5-9(3)7-10(4)6-8/h5-7H2,1-4H3/i7D. The zero-order chi connectivity index (χ0) is 8.65. The van der Waals surface area contributed by atoms with Gasteiger partial charge in [0.25, 0.3) is 0 Å². The van der Waals surface area contributed by atoms with Crippen LogP contribution >= 0.6 is 0 Å². The maximum Gasteiger partial charge on any atom is 0.0602 e. The summed E-state index contributed by atoms with van der Waals surface area (Å²) in [6.07, 6.45) is 0. The van der Waals surface area contributed by atoms with Crippen molar-refractivity contribution in [1.82, 2.24) is 9.80 Å². The van der Waals surface area contributed by atoms with Crippen LogP contribution in [0.1, 0.15) is 15.2 Å². The van der Waals surface area contributed by atoms with Crippen LogP contribution in [0.2, 0.25) is 0 Å². The van der Waals surface area contributed by atoms with Crippen molar-refractivity contribution < 1.29 is 1.37 Å². The lowest BCUT2D eigenvalue weighted by molar-refractivity contribution is 0.0424. The van der Waals surface area contributed by atoms with E-state index in [0.717, 1.165) is 13.1 Å². The molecule has 0 aliphatic carbocycles. The summed E-state index contributed by atoms with van der Waals surface area (Å²) in [6, 6.07) is 0. The van der Waals surface area contributed by atoms with Crippen molar-refractivity contribution in [3.05, 3.63) is 0 Å². The fourth-order valence-corrected chi connectivity index (χ4v) is 1.82. The maximum atomic E-state index is 7.71. The molecule has 10 heavy (non-hydrogen) atoms. The Kier molecular flexibility index (Phi) is 1.66. The molecule has 0 aromatic carbocycles. The van der Waals surface area contributed by atoms with E-state index in [-0.39, 0.29) is 6.64 Å². The topological polar surface area (TPSA) is 6.48 Å². The van der Waals surface area contributed by atoms with E-state index in [2.05, 4.69) is 23.6 Å². The zero-order valence-corrected chi connectivity index (χ0v) is 7.39. The third-order valence-electron chi connectivity index (χ3n) is 1.75. The molecule has 0 aromatic rings. The highest BCUT2D eigenvalue weighted by atomic mass is 15.3. The SMILES string of the molecule is [2H]C1N(C)CC(C)(C)CN1C. The van der Waals surface area contributed by atoms with Crippen LogP contribution in [0.5, 0.6) is 0 Å². The highest BCUT2D eigenvalue weighted by Crippen LogP contribution is 2.21. The molecule has 1 rings (SSSR count). The Hall–Kier alpha value is -0.0800. The minimum Gasteiger partial charge on any atom is -0.293 e. The lowest BCUT2D eigenvalue weighted by Gasteiger charge is -2.41. The third-order valence-corrected chi connectivity index (χ3v) is 1.75. The second-order valence-electron chi connectivity index (χ2n) is 4.11. The average Bonchev–Trinajstić information content (AvgIpc) is 1.81. The first kappa shape index (κ1) is 6.62. The van der Waals surface area contributed by atoms with E-state index in [4.69, 9.17) is 1.37 Å². The highest BCUT2D eigenvalue weighted by molar-refractivity contribution is 4.79. The lowest BCUT2D eigenvalue weighted by Crippen LogP contribution is -2.50. The smallest absolute Gasteiger partial charge is 0.0602 e. The molecule has 1 heterocycles. The first-order valence-electron chi connectivity index (χ1n) is 4.33. The van der Waals surface area contributed by atoms with E-state index < -0.39 is 0 Å². The fourth-order valence-electron chi connectivity index (χ4n) is 1.82. The first-order valence-corrected chi connectivity index (χ1v) is 3.75. The molecular formula is C8H18N2. The fraction of sp³-hybridized carbons (Fsp3) is 1.00. The van der Waals surface area contributed by atoms with Crippen molar-refractivity contribution in [2.24, 2.45) is 5.41 Å². The van der Waals surface area contributed by atoms with Gasteiger partial charge in [0, 0.05) is 13.1 Å². The lowest BCUT2D eigenvalue weighted by atomic mass is 9.91. The second kappa shape index (κ2) is 2.51. The zero-order valence-electron chi connectivity index (χ0n) is 8.39. The van der Waals surface area contributed by atoms with Crippen molar-refractivity contribution >= 4 is 0 Å². The molecule has 2 nitrogen and oxygen atoms in total. The summed E-state index contributed by atoms with van der Waals surface area (Å²) in [4.78, 5) is 4.15. The van der Waals surface area contributed by atoms with Gasteiger partial charge < -0.3 is 0 Å². The van der Waals surface area contributed by atoms with E-state index in [1.54, 1.807) is 0 Å². The molecule has 0 N–H and O–H groups in total. The van der Waals surface area contributed by atoms with Gasteiger partial charge in [-0.15, -0.1) is 0 Å². The van der Waals surface area contributed by atoms with E-state index >= 15 is 0 Å². The van der Waals surface area contributed by atoms with Crippen LogP contribution in [-0.2, 0) is 0 Å². The van der Waals surface area contributed by atoms with Crippen LogP contribution in [0.25, 0.3) is 0 Å². The van der Waals surface area contributed by atoms with Crippen LogP contribution in [0.15, 0.2) is 0 Å². The van der Waals surface area contributed by atoms with Crippen molar-refractivity contribution in [3.8, 4) is 0 Å². The van der Waals surface area contributed by atoms with Gasteiger partial charge in [-0.1, -0.05) is 13.8 Å². The van der Waals surface area contributed by atoms with Crippen molar-refractivity contribution in [3.63, 3.8) is 0 Å². The second-order valence-corrected chi connectivity index (χ2v) is 4.11. The predicted molar refractivity (Wildman–Crippen MR) is 43.9 cm³/mol. The molecule has 0 bridgehead atoms. The summed E-state index contributed by atoms with van der Waals surface area (Å²) in [6.45, 7) is 6.37. The van der Waals surface area contributed by atoms with Crippen molar-refractivity contribution in [2.45, 2.75) is 13.8 Å². The molecule has 1 aliphatic heterocycles. The van der Waals surface area contributed by atoms with Gasteiger partial charge in [0.2, 0.25) is 0 Å². The highest BCUT2D eigenvalue weighted by Gasteiger charge is 2.26. The van der Waals surface area contributed by atoms with Gasteiger partial charge in [0.1, 0.15) is 0 Å². The normalized spacial score (nSPS) is 32.2. The minimum atomic E-state index is -0.150. The Morgan fingerprint density at radius 2 is 1.60 bits per heavy atom. The van der Waals surface area contributed by atoms with Gasteiger partial charge in [-0.25, -0.2) is 0 Å². The van der Waals surface area contributed by atoms with Gasteiger partial charge in [0.15, 0.2) is 0 Å². The Morgan fingerprint density at radius 3 is 2.00 bits per heavy atom. The maximum absolute atomic E-state index is 7.71. The first-order chi connectivity index (χ1) is 4.92. The predicted octanol–water partition coefficient (Wildman–Crippen LogP) is 0.847. The molecule has 0 unspecified atom stereocenters. The van der Waals surface area contributed by atoms with Gasteiger partial charge in [-0.2, -0.15) is 0 Å². The number of nitrogens with zero attached hydrogens (tertiary/aromatic N) is 2. The van der Waals surface area contributed by atoms with E-state index in [1.165, 1.54) is 0 Å². The molecular weight excluding hydrogens is 124 g/mol. The quantitative estimate of drug-likeness (QED) is 0.496. The molecule has 0 saturated carbocycles. The van der Waals surface area contributed by atoms with Crippen molar-refractivity contribution in [2.75, 3.05) is 33.8 Å². The molecule has 0 aromatic heterocycles. The van der Waals surface area contributed by atoms with E-state index in [0.29, 0.717) is 5.41 Å². The average molecular weight is 143 g/mol. The largest absolute Gasteiger partial charge is 0.293 e. The van der Waals surface area contributed by atoms with Gasteiger partial charge in [-0.3, -0.25) is 9.80 Å². The Balaban J connectivity index is 2.62. The minimum absolute atomic E-state index is 0.150. The molecule has 0 spiro atoms. The number of hydrogen-bond donors (Lipinski definition) is 0. The van der Waals surface area contributed by atoms with Crippen LogP contribution in [0, 0.1) is 5.41 Å². The molecule has 1 fully saturated rings. The summed E-state index contributed by atoms with van der Waals surface area (Å²) >= 11 is 0. The Morgan fingerprint density at radius 1 is 1.20 bits per heavy atom.